The number of benzene rings is 2. The molecule has 6 heteroatoms. The van der Waals surface area contributed by atoms with Crippen LogP contribution in [0.5, 0.6) is 0 Å². The first-order valence-electron chi connectivity index (χ1n) is 5.82. The van der Waals surface area contributed by atoms with Crippen molar-refractivity contribution in [1.29, 1.82) is 0 Å². The summed E-state index contributed by atoms with van der Waals surface area (Å²) in [5, 5.41) is 3.00. The molecule has 0 unspecified atom stereocenters. The molecule has 3 aromatic rings. The van der Waals surface area contributed by atoms with Crippen molar-refractivity contribution in [2.75, 3.05) is 5.32 Å². The quantitative estimate of drug-likeness (QED) is 0.689. The maximum Gasteiger partial charge on any atom is 0.188 e. The van der Waals surface area contributed by atoms with Gasteiger partial charge in [0.25, 0.3) is 0 Å². The number of hydrogen-bond acceptors (Lipinski definition) is 3. The number of anilines is 2. The average Bonchev–Trinajstić information content (AvgIpc) is 2.76. The molecule has 0 saturated carbocycles. The van der Waals surface area contributed by atoms with Crippen LogP contribution in [0.3, 0.4) is 0 Å². The molecule has 0 aliphatic heterocycles. The topological polar surface area (TPSA) is 24.9 Å². The Labute approximate surface area is 116 Å². The predicted octanol–water partition coefficient (Wildman–Crippen LogP) is 4.77. The van der Waals surface area contributed by atoms with Gasteiger partial charge in [-0.25, -0.2) is 18.2 Å². The van der Waals surface area contributed by atoms with Crippen molar-refractivity contribution in [1.82, 2.24) is 4.98 Å². The first-order chi connectivity index (χ1) is 9.52. The first kappa shape index (κ1) is 12.9. The van der Waals surface area contributed by atoms with Crippen molar-refractivity contribution < 1.29 is 13.2 Å². The highest BCUT2D eigenvalue weighted by molar-refractivity contribution is 7.22. The molecule has 1 heterocycles. The fraction of sp³-hybridized carbons (Fsp3) is 0.0714. The lowest BCUT2D eigenvalue weighted by molar-refractivity contribution is 0.498. The number of aryl methyl sites for hydroxylation is 1. The standard InChI is InChI=1S/C14H9F3N2S/c1-7-2-3-10-12(4-7)20-14(18-10)19-11-6-8(15)5-9(16)13(11)17/h2-6H,1H3,(H,18,19). The normalized spacial score (nSPS) is 11.0. The summed E-state index contributed by atoms with van der Waals surface area (Å²) in [4.78, 5) is 4.25. The fourth-order valence-electron chi connectivity index (χ4n) is 1.85. The van der Waals surface area contributed by atoms with Crippen LogP contribution in [-0.4, -0.2) is 4.98 Å². The van der Waals surface area contributed by atoms with Crippen molar-refractivity contribution in [3.05, 3.63) is 53.3 Å². The molecule has 0 atom stereocenters. The number of nitrogens with one attached hydrogen (secondary N) is 1. The number of hydrogen-bond donors (Lipinski definition) is 1. The summed E-state index contributed by atoms with van der Waals surface area (Å²) >= 11 is 1.29. The van der Waals surface area contributed by atoms with E-state index in [9.17, 15) is 13.2 Å². The van der Waals surface area contributed by atoms with Crippen LogP contribution in [0, 0.1) is 24.4 Å². The van der Waals surface area contributed by atoms with Crippen LogP contribution in [-0.2, 0) is 0 Å². The van der Waals surface area contributed by atoms with Gasteiger partial charge in [0.2, 0.25) is 0 Å². The number of nitrogens with zero attached hydrogens (tertiary/aromatic N) is 1. The number of halogens is 3. The molecule has 0 amide bonds. The zero-order valence-corrected chi connectivity index (χ0v) is 11.2. The summed E-state index contributed by atoms with van der Waals surface area (Å²) < 4.78 is 40.7. The highest BCUT2D eigenvalue weighted by atomic mass is 32.1. The summed E-state index contributed by atoms with van der Waals surface area (Å²) in [6.45, 7) is 1.95. The fourth-order valence-corrected chi connectivity index (χ4v) is 2.82. The van der Waals surface area contributed by atoms with Crippen molar-refractivity contribution in [3.8, 4) is 0 Å². The minimum absolute atomic E-state index is 0.265. The van der Waals surface area contributed by atoms with E-state index in [1.807, 2.05) is 25.1 Å². The first-order valence-corrected chi connectivity index (χ1v) is 6.63. The van der Waals surface area contributed by atoms with E-state index in [0.717, 1.165) is 21.8 Å². The van der Waals surface area contributed by atoms with Crippen LogP contribution in [0.1, 0.15) is 5.56 Å². The molecule has 0 spiro atoms. The van der Waals surface area contributed by atoms with E-state index in [1.165, 1.54) is 11.3 Å². The van der Waals surface area contributed by atoms with E-state index in [1.54, 1.807) is 0 Å². The van der Waals surface area contributed by atoms with Gasteiger partial charge in [-0.1, -0.05) is 17.4 Å². The predicted molar refractivity (Wildman–Crippen MR) is 74.0 cm³/mol. The maximum atomic E-state index is 13.6. The average molecular weight is 294 g/mol. The number of rotatable bonds is 2. The lowest BCUT2D eigenvalue weighted by Gasteiger charge is -2.04. The van der Waals surface area contributed by atoms with Crippen LogP contribution < -0.4 is 5.32 Å². The van der Waals surface area contributed by atoms with E-state index < -0.39 is 17.5 Å². The summed E-state index contributed by atoms with van der Waals surface area (Å²) in [5.74, 6) is -3.20. The van der Waals surface area contributed by atoms with Crippen molar-refractivity contribution in [3.63, 3.8) is 0 Å². The molecule has 0 bridgehead atoms. The van der Waals surface area contributed by atoms with Gasteiger partial charge in [-0.3, -0.25) is 0 Å². The number of fused-ring (bicyclic) bond motifs is 1. The lowest BCUT2D eigenvalue weighted by Crippen LogP contribution is -1.97. The Balaban J connectivity index is 2.01. The van der Waals surface area contributed by atoms with Crippen LogP contribution in [0.15, 0.2) is 30.3 Å². The van der Waals surface area contributed by atoms with Gasteiger partial charge in [0.1, 0.15) is 5.82 Å². The third-order valence-electron chi connectivity index (χ3n) is 2.78. The Hall–Kier alpha value is -2.08. The van der Waals surface area contributed by atoms with Gasteiger partial charge in [-0.05, 0) is 24.6 Å². The monoisotopic (exact) mass is 294 g/mol. The van der Waals surface area contributed by atoms with Crippen LogP contribution >= 0.6 is 11.3 Å². The minimum atomic E-state index is -1.23. The summed E-state index contributed by atoms with van der Waals surface area (Å²) in [6.07, 6.45) is 0. The second-order valence-corrected chi connectivity index (χ2v) is 5.40. The summed E-state index contributed by atoms with van der Waals surface area (Å²) in [6, 6.07) is 7.10. The van der Waals surface area contributed by atoms with E-state index in [0.29, 0.717) is 11.2 Å². The number of thiazole rings is 1. The van der Waals surface area contributed by atoms with Gasteiger partial charge < -0.3 is 5.32 Å². The Morgan fingerprint density at radius 2 is 1.90 bits per heavy atom. The molecule has 0 aliphatic carbocycles. The molecule has 0 saturated heterocycles. The summed E-state index contributed by atoms with van der Waals surface area (Å²) in [5.41, 5.74) is 1.56. The van der Waals surface area contributed by atoms with Crippen molar-refractivity contribution in [2.24, 2.45) is 0 Å². The van der Waals surface area contributed by atoms with Gasteiger partial charge >= 0.3 is 0 Å². The zero-order valence-electron chi connectivity index (χ0n) is 10.4. The number of aromatic nitrogens is 1. The third kappa shape index (κ3) is 2.34. The molecule has 2 aromatic carbocycles. The Morgan fingerprint density at radius 1 is 1.10 bits per heavy atom. The molecule has 0 aliphatic rings. The molecular weight excluding hydrogens is 285 g/mol. The Morgan fingerprint density at radius 3 is 2.70 bits per heavy atom. The molecule has 1 N–H and O–H groups in total. The van der Waals surface area contributed by atoms with Gasteiger partial charge in [-0.2, -0.15) is 0 Å². The van der Waals surface area contributed by atoms with Crippen LogP contribution in [0.25, 0.3) is 10.2 Å². The minimum Gasteiger partial charge on any atom is -0.329 e. The largest absolute Gasteiger partial charge is 0.329 e. The molecule has 20 heavy (non-hydrogen) atoms. The van der Waals surface area contributed by atoms with E-state index in [-0.39, 0.29) is 5.69 Å². The van der Waals surface area contributed by atoms with E-state index in [4.69, 9.17) is 0 Å². The highest BCUT2D eigenvalue weighted by Gasteiger charge is 2.13. The second kappa shape index (κ2) is 4.79. The molecule has 0 fully saturated rings. The maximum absolute atomic E-state index is 13.6. The third-order valence-corrected chi connectivity index (χ3v) is 3.71. The molecule has 1 aromatic heterocycles. The molecular formula is C14H9F3N2S. The van der Waals surface area contributed by atoms with Crippen molar-refractivity contribution >= 4 is 32.4 Å². The molecule has 2 nitrogen and oxygen atoms in total. The van der Waals surface area contributed by atoms with Crippen molar-refractivity contribution in [2.45, 2.75) is 6.92 Å². The molecule has 102 valence electrons. The van der Waals surface area contributed by atoms with E-state index >= 15 is 0 Å². The Kier molecular flexibility index (Phi) is 3.10. The molecule has 0 radical (unpaired) electrons. The Bertz CT molecular complexity index is 798. The highest BCUT2D eigenvalue weighted by Crippen LogP contribution is 2.30. The zero-order chi connectivity index (χ0) is 14.3. The SMILES string of the molecule is Cc1ccc2nc(Nc3cc(F)cc(F)c3F)sc2c1. The molecule has 3 rings (SSSR count). The van der Waals surface area contributed by atoms with Crippen LogP contribution in [0.2, 0.25) is 0 Å². The van der Waals surface area contributed by atoms with Gasteiger partial charge in [0.05, 0.1) is 15.9 Å². The summed E-state index contributed by atoms with van der Waals surface area (Å²) in [7, 11) is 0. The smallest absolute Gasteiger partial charge is 0.188 e. The second-order valence-electron chi connectivity index (χ2n) is 4.36. The lowest BCUT2D eigenvalue weighted by atomic mass is 10.2. The van der Waals surface area contributed by atoms with E-state index in [2.05, 4.69) is 10.3 Å². The van der Waals surface area contributed by atoms with Gasteiger partial charge in [0.15, 0.2) is 16.8 Å². The van der Waals surface area contributed by atoms with Gasteiger partial charge in [-0.15, -0.1) is 0 Å². The van der Waals surface area contributed by atoms with Crippen LogP contribution in [0.4, 0.5) is 24.0 Å². The van der Waals surface area contributed by atoms with Gasteiger partial charge in [0, 0.05) is 12.1 Å².